The van der Waals surface area contributed by atoms with Crippen LogP contribution in [-0.4, -0.2) is 38.7 Å². The molecule has 0 heterocycles. The van der Waals surface area contributed by atoms with Crippen LogP contribution in [0.15, 0.2) is 29.2 Å². The minimum Gasteiger partial charge on any atom is -0.383 e. The molecule has 0 bridgehead atoms. The van der Waals surface area contributed by atoms with Gasteiger partial charge in [0.1, 0.15) is 0 Å². The first-order chi connectivity index (χ1) is 9.86. The second kappa shape index (κ2) is 7.83. The number of sulfonamides is 1. The van der Waals surface area contributed by atoms with E-state index in [-0.39, 0.29) is 15.7 Å². The Morgan fingerprint density at radius 2 is 2.19 bits per heavy atom. The Hall–Kier alpha value is -1.82. The lowest BCUT2D eigenvalue weighted by Crippen LogP contribution is -2.47. The predicted molar refractivity (Wildman–Crippen MR) is 79.0 cm³/mol. The van der Waals surface area contributed by atoms with Crippen molar-refractivity contribution < 1.29 is 18.1 Å². The van der Waals surface area contributed by atoms with Crippen LogP contribution in [0.5, 0.6) is 0 Å². The molecule has 0 aliphatic carbocycles. The zero-order valence-corrected chi connectivity index (χ0v) is 12.7. The molecule has 116 valence electrons. The quantitative estimate of drug-likeness (QED) is 0.273. The number of nitrogens with zero attached hydrogens (tertiary/aromatic N) is 1. The van der Waals surface area contributed by atoms with Gasteiger partial charge in [0.2, 0.25) is 0 Å². The number of hydrogen-bond donors (Lipinski definition) is 3. The summed E-state index contributed by atoms with van der Waals surface area (Å²) < 4.78 is 28.7. The molecule has 0 aromatic heterocycles. The SMILES string of the molecule is COCCNC(=S)NNS(=O)(=O)c1cccc([N+](=O)[O-])c1. The van der Waals surface area contributed by atoms with Gasteiger partial charge >= 0.3 is 0 Å². The Balaban J connectivity index is 2.67. The highest BCUT2D eigenvalue weighted by Crippen LogP contribution is 2.16. The maximum atomic E-state index is 11.9. The molecule has 0 unspecified atom stereocenters. The standard InChI is InChI=1S/C10H14N4O5S2/c1-19-6-5-11-10(20)12-13-21(17,18)9-4-2-3-8(7-9)14(15)16/h2-4,7,13H,5-6H2,1H3,(H2,11,12,20). The smallest absolute Gasteiger partial charge is 0.270 e. The number of rotatable bonds is 7. The van der Waals surface area contributed by atoms with Crippen LogP contribution >= 0.6 is 12.2 Å². The van der Waals surface area contributed by atoms with Gasteiger partial charge < -0.3 is 10.1 Å². The molecule has 0 radical (unpaired) electrons. The summed E-state index contributed by atoms with van der Waals surface area (Å²) in [6.45, 7) is 0.806. The van der Waals surface area contributed by atoms with Crippen molar-refractivity contribution in [2.24, 2.45) is 0 Å². The summed E-state index contributed by atoms with van der Waals surface area (Å²) in [7, 11) is -2.45. The molecule has 1 rings (SSSR count). The van der Waals surface area contributed by atoms with Crippen molar-refractivity contribution in [1.82, 2.24) is 15.6 Å². The van der Waals surface area contributed by atoms with Gasteiger partial charge in [-0.1, -0.05) is 6.07 Å². The summed E-state index contributed by atoms with van der Waals surface area (Å²) >= 11 is 4.84. The van der Waals surface area contributed by atoms with Crippen LogP contribution in [-0.2, 0) is 14.8 Å². The first-order valence-electron chi connectivity index (χ1n) is 5.66. The second-order valence-corrected chi connectivity index (χ2v) is 5.82. The van der Waals surface area contributed by atoms with Gasteiger partial charge in [0.05, 0.1) is 16.4 Å². The monoisotopic (exact) mass is 334 g/mol. The van der Waals surface area contributed by atoms with Crippen LogP contribution < -0.4 is 15.6 Å². The summed E-state index contributed by atoms with van der Waals surface area (Å²) in [4.78, 5) is 11.7. The molecule has 1 aromatic carbocycles. The number of hydrazine groups is 1. The van der Waals surface area contributed by atoms with E-state index in [1.165, 1.54) is 25.3 Å². The molecule has 0 atom stereocenters. The molecule has 0 aliphatic rings. The molecule has 0 spiro atoms. The summed E-state index contributed by atoms with van der Waals surface area (Å²) in [5, 5.41) is 13.4. The molecule has 0 aliphatic heterocycles. The second-order valence-electron chi connectivity index (χ2n) is 3.73. The van der Waals surface area contributed by atoms with Crippen LogP contribution in [0.25, 0.3) is 0 Å². The summed E-state index contributed by atoms with van der Waals surface area (Å²) in [6, 6.07) is 4.66. The zero-order valence-electron chi connectivity index (χ0n) is 11.0. The molecule has 21 heavy (non-hydrogen) atoms. The van der Waals surface area contributed by atoms with Crippen molar-refractivity contribution in [2.45, 2.75) is 4.90 Å². The van der Waals surface area contributed by atoms with E-state index in [9.17, 15) is 18.5 Å². The molecule has 0 saturated carbocycles. The maximum absolute atomic E-state index is 11.9. The van der Waals surface area contributed by atoms with Gasteiger partial charge in [0, 0.05) is 25.8 Å². The van der Waals surface area contributed by atoms with Crippen LogP contribution in [0.4, 0.5) is 5.69 Å². The van der Waals surface area contributed by atoms with Gasteiger partial charge in [-0.25, -0.2) is 8.42 Å². The van der Waals surface area contributed by atoms with E-state index in [1.54, 1.807) is 0 Å². The Kier molecular flexibility index (Phi) is 6.42. The van der Waals surface area contributed by atoms with E-state index in [1.807, 2.05) is 4.83 Å². The summed E-state index contributed by atoms with van der Waals surface area (Å²) in [5.74, 6) is 0. The number of benzene rings is 1. The Labute approximate surface area is 126 Å². The van der Waals surface area contributed by atoms with E-state index in [0.29, 0.717) is 13.2 Å². The van der Waals surface area contributed by atoms with Gasteiger partial charge in [-0.15, -0.1) is 4.83 Å². The van der Waals surface area contributed by atoms with Crippen LogP contribution in [0.1, 0.15) is 0 Å². The van der Waals surface area contributed by atoms with Crippen molar-refractivity contribution in [3.05, 3.63) is 34.4 Å². The third kappa shape index (κ3) is 5.59. The van der Waals surface area contributed by atoms with Gasteiger partial charge in [0.15, 0.2) is 5.11 Å². The maximum Gasteiger partial charge on any atom is 0.270 e. The third-order valence-electron chi connectivity index (χ3n) is 2.23. The molecule has 11 heteroatoms. The van der Waals surface area contributed by atoms with Crippen LogP contribution in [0.3, 0.4) is 0 Å². The van der Waals surface area contributed by atoms with Gasteiger partial charge in [-0.3, -0.25) is 15.5 Å². The van der Waals surface area contributed by atoms with Crippen molar-refractivity contribution >= 4 is 33.0 Å². The number of ether oxygens (including phenoxy) is 1. The van der Waals surface area contributed by atoms with Gasteiger partial charge in [-0.2, -0.15) is 0 Å². The van der Waals surface area contributed by atoms with Crippen molar-refractivity contribution in [1.29, 1.82) is 0 Å². The molecule has 3 N–H and O–H groups in total. The van der Waals surface area contributed by atoms with E-state index < -0.39 is 14.9 Å². The fraction of sp³-hybridized carbons (Fsp3) is 0.300. The number of methoxy groups -OCH3 is 1. The highest BCUT2D eigenvalue weighted by atomic mass is 32.2. The largest absolute Gasteiger partial charge is 0.383 e. The highest BCUT2D eigenvalue weighted by molar-refractivity contribution is 7.89. The number of non-ortho nitro benzene ring substituents is 1. The number of nitrogens with one attached hydrogen (secondary N) is 3. The number of nitro groups is 1. The summed E-state index contributed by atoms with van der Waals surface area (Å²) in [5.41, 5.74) is 1.97. The normalized spacial score (nSPS) is 10.9. The average Bonchev–Trinajstić information content (AvgIpc) is 2.45. The predicted octanol–water partition coefficient (Wildman–Crippen LogP) is -0.101. The van der Waals surface area contributed by atoms with Crippen molar-refractivity contribution in [2.75, 3.05) is 20.3 Å². The minimum atomic E-state index is -3.97. The number of thiocarbonyl (C=S) groups is 1. The summed E-state index contributed by atoms with van der Waals surface area (Å²) in [6.07, 6.45) is 0. The lowest BCUT2D eigenvalue weighted by Gasteiger charge is -2.11. The molecule has 0 amide bonds. The van der Waals surface area contributed by atoms with Crippen LogP contribution in [0, 0.1) is 10.1 Å². The highest BCUT2D eigenvalue weighted by Gasteiger charge is 2.17. The van der Waals surface area contributed by atoms with E-state index in [4.69, 9.17) is 17.0 Å². The van der Waals surface area contributed by atoms with Crippen molar-refractivity contribution in [3.8, 4) is 0 Å². The van der Waals surface area contributed by atoms with E-state index in [0.717, 1.165) is 6.07 Å². The topological polar surface area (TPSA) is 123 Å². The van der Waals surface area contributed by atoms with E-state index in [2.05, 4.69) is 10.7 Å². The molecule has 1 aromatic rings. The first kappa shape index (κ1) is 17.2. The molecule has 0 fully saturated rings. The lowest BCUT2D eigenvalue weighted by molar-refractivity contribution is -0.385. The molecular formula is C10H14N4O5S2. The Morgan fingerprint density at radius 1 is 1.48 bits per heavy atom. The molecule has 0 saturated heterocycles. The van der Waals surface area contributed by atoms with Gasteiger partial charge in [-0.05, 0) is 18.3 Å². The lowest BCUT2D eigenvalue weighted by atomic mass is 10.3. The Morgan fingerprint density at radius 3 is 2.81 bits per heavy atom. The fourth-order valence-corrected chi connectivity index (χ4v) is 2.35. The third-order valence-corrected chi connectivity index (χ3v) is 3.72. The number of nitro benzene ring substituents is 1. The van der Waals surface area contributed by atoms with Crippen molar-refractivity contribution in [3.63, 3.8) is 0 Å². The zero-order chi connectivity index (χ0) is 15.9. The Bertz CT molecular complexity index is 620. The minimum absolute atomic E-state index is 0.0565. The molecular weight excluding hydrogens is 320 g/mol. The van der Waals surface area contributed by atoms with E-state index >= 15 is 0 Å². The molecule has 9 nitrogen and oxygen atoms in total. The fourth-order valence-electron chi connectivity index (χ4n) is 1.25. The average molecular weight is 334 g/mol. The number of hydrogen-bond acceptors (Lipinski definition) is 6. The van der Waals surface area contributed by atoms with Crippen LogP contribution in [0.2, 0.25) is 0 Å². The first-order valence-corrected chi connectivity index (χ1v) is 7.55. The van der Waals surface area contributed by atoms with Gasteiger partial charge in [0.25, 0.3) is 15.7 Å².